The Balaban J connectivity index is 1.39. The first-order valence-electron chi connectivity index (χ1n) is 13.5. The smallest absolute Gasteiger partial charge is 0.338 e. The monoisotopic (exact) mass is 594 g/mol. The number of ether oxygens (including phenoxy) is 6. The van der Waals surface area contributed by atoms with Gasteiger partial charge in [-0.05, 0) is 36.4 Å². The molecule has 2 fully saturated rings. The summed E-state index contributed by atoms with van der Waals surface area (Å²) in [4.78, 5) is 38.9. The van der Waals surface area contributed by atoms with Crippen molar-refractivity contribution in [3.8, 4) is 0 Å². The molecule has 3 aromatic carbocycles. The van der Waals surface area contributed by atoms with E-state index in [1.807, 2.05) is 0 Å². The van der Waals surface area contributed by atoms with E-state index in [-0.39, 0.29) is 16.7 Å². The standard InChI is InChI=1S/C31H30O12/c32-23-21(40-30(37)24(23)33)16-39-31-26(43-29(36)20-14-8-3-9-15-20)25(42-28(35)19-12-6-2-7-13-19)22(41-31)17-38-27(34)18-10-4-1-5-11-18/h1-15,21-26,30-33,37H,16-17H2/t21-,22-,23-,24-,25-,26-,30+,31+/m1/s1. The third-order valence-electron chi connectivity index (χ3n) is 6.92. The van der Waals surface area contributed by atoms with Crippen LogP contribution in [0.5, 0.6) is 0 Å². The molecule has 0 spiro atoms. The van der Waals surface area contributed by atoms with Gasteiger partial charge in [0.15, 0.2) is 24.8 Å². The second-order valence-corrected chi connectivity index (χ2v) is 9.86. The molecule has 8 atom stereocenters. The van der Waals surface area contributed by atoms with E-state index in [4.69, 9.17) is 28.4 Å². The fourth-order valence-electron chi connectivity index (χ4n) is 4.63. The Kier molecular flexibility index (Phi) is 9.77. The minimum Gasteiger partial charge on any atom is -0.459 e. The predicted molar refractivity (Wildman–Crippen MR) is 146 cm³/mol. The van der Waals surface area contributed by atoms with Gasteiger partial charge in [0.2, 0.25) is 0 Å². The first kappa shape index (κ1) is 30.3. The molecule has 0 aromatic heterocycles. The fourth-order valence-corrected chi connectivity index (χ4v) is 4.63. The van der Waals surface area contributed by atoms with E-state index < -0.39 is 80.3 Å². The molecule has 3 aromatic rings. The SMILES string of the molecule is O=C(OC[C@H]1O[C@H](OC[C@H]2O[C@H](O)[C@H](O)[C@@H]2O)[C@H](OC(=O)c2ccccc2)[C@@H]1OC(=O)c1ccccc1)c1ccccc1. The van der Waals surface area contributed by atoms with Crippen LogP contribution in [0.2, 0.25) is 0 Å². The van der Waals surface area contributed by atoms with E-state index in [9.17, 15) is 29.7 Å². The molecule has 0 unspecified atom stereocenters. The molecule has 0 aliphatic carbocycles. The van der Waals surface area contributed by atoms with Crippen LogP contribution in [0.1, 0.15) is 31.1 Å². The summed E-state index contributed by atoms with van der Waals surface area (Å²) in [5.41, 5.74) is 0.697. The van der Waals surface area contributed by atoms with Crippen LogP contribution in [-0.2, 0) is 28.4 Å². The average molecular weight is 595 g/mol. The summed E-state index contributed by atoms with van der Waals surface area (Å²) < 4.78 is 33.9. The summed E-state index contributed by atoms with van der Waals surface area (Å²) in [6.07, 6.45) is -11.0. The minimum absolute atomic E-state index is 0.203. The molecule has 226 valence electrons. The first-order chi connectivity index (χ1) is 20.8. The normalized spacial score (nSPS) is 28.3. The summed E-state index contributed by atoms with van der Waals surface area (Å²) in [6, 6.07) is 24.4. The maximum absolute atomic E-state index is 13.1. The van der Waals surface area contributed by atoms with Crippen molar-refractivity contribution < 1.29 is 58.1 Å². The molecule has 0 bridgehead atoms. The largest absolute Gasteiger partial charge is 0.459 e. The van der Waals surface area contributed by atoms with E-state index >= 15 is 0 Å². The number of carbonyl (C=O) groups is 3. The number of carbonyl (C=O) groups excluding carboxylic acids is 3. The molecular weight excluding hydrogens is 564 g/mol. The zero-order valence-electron chi connectivity index (χ0n) is 22.7. The number of hydrogen-bond donors (Lipinski definition) is 3. The number of aliphatic hydroxyl groups is 3. The molecule has 2 saturated heterocycles. The van der Waals surface area contributed by atoms with Gasteiger partial charge in [-0.25, -0.2) is 14.4 Å². The van der Waals surface area contributed by atoms with E-state index in [0.29, 0.717) is 0 Å². The third-order valence-corrected chi connectivity index (χ3v) is 6.92. The van der Waals surface area contributed by atoms with Gasteiger partial charge in [-0.1, -0.05) is 54.6 Å². The number of rotatable bonds is 10. The van der Waals surface area contributed by atoms with Crippen molar-refractivity contribution in [2.75, 3.05) is 13.2 Å². The lowest BCUT2D eigenvalue weighted by Gasteiger charge is -2.25. The van der Waals surface area contributed by atoms with Crippen LogP contribution >= 0.6 is 0 Å². The van der Waals surface area contributed by atoms with Crippen LogP contribution < -0.4 is 0 Å². The van der Waals surface area contributed by atoms with Crippen LogP contribution in [0.25, 0.3) is 0 Å². The van der Waals surface area contributed by atoms with E-state index in [0.717, 1.165) is 0 Å². The van der Waals surface area contributed by atoms with Gasteiger partial charge < -0.3 is 43.7 Å². The number of hydrogen-bond acceptors (Lipinski definition) is 12. The van der Waals surface area contributed by atoms with Crippen LogP contribution in [0.3, 0.4) is 0 Å². The van der Waals surface area contributed by atoms with Crippen molar-refractivity contribution >= 4 is 17.9 Å². The zero-order valence-corrected chi connectivity index (χ0v) is 22.7. The Bertz CT molecular complexity index is 1370. The highest BCUT2D eigenvalue weighted by Crippen LogP contribution is 2.31. The Hall–Kier alpha value is -4.17. The highest BCUT2D eigenvalue weighted by Gasteiger charge is 2.52. The summed E-state index contributed by atoms with van der Waals surface area (Å²) in [5, 5.41) is 29.8. The number of benzene rings is 3. The lowest BCUT2D eigenvalue weighted by Crippen LogP contribution is -2.43. The van der Waals surface area contributed by atoms with Crippen molar-refractivity contribution in [1.82, 2.24) is 0 Å². The predicted octanol–water partition coefficient (Wildman–Crippen LogP) is 1.48. The topological polar surface area (TPSA) is 167 Å². The van der Waals surface area contributed by atoms with E-state index in [1.165, 1.54) is 24.3 Å². The van der Waals surface area contributed by atoms with Crippen LogP contribution in [0.4, 0.5) is 0 Å². The van der Waals surface area contributed by atoms with Crippen molar-refractivity contribution in [2.45, 2.75) is 49.2 Å². The van der Waals surface area contributed by atoms with Gasteiger partial charge in [0.05, 0.1) is 23.3 Å². The molecule has 3 N–H and O–H groups in total. The second-order valence-electron chi connectivity index (χ2n) is 9.86. The molecule has 2 aliphatic heterocycles. The molecule has 5 rings (SSSR count). The Morgan fingerprint density at radius 2 is 1.07 bits per heavy atom. The minimum atomic E-state index is -1.63. The summed E-state index contributed by atoms with van der Waals surface area (Å²) in [7, 11) is 0. The van der Waals surface area contributed by atoms with Crippen molar-refractivity contribution in [2.24, 2.45) is 0 Å². The molecule has 2 aliphatic rings. The quantitative estimate of drug-likeness (QED) is 0.229. The van der Waals surface area contributed by atoms with Crippen molar-refractivity contribution in [3.63, 3.8) is 0 Å². The Morgan fingerprint density at radius 1 is 0.581 bits per heavy atom. The first-order valence-corrected chi connectivity index (χ1v) is 13.5. The van der Waals surface area contributed by atoms with Gasteiger partial charge >= 0.3 is 17.9 Å². The Morgan fingerprint density at radius 3 is 1.56 bits per heavy atom. The summed E-state index contributed by atoms with van der Waals surface area (Å²) in [6.45, 7) is -0.811. The van der Waals surface area contributed by atoms with Gasteiger partial charge in [0.25, 0.3) is 0 Å². The molecule has 12 nitrogen and oxygen atoms in total. The van der Waals surface area contributed by atoms with Crippen LogP contribution in [0.15, 0.2) is 91.0 Å². The van der Waals surface area contributed by atoms with Crippen molar-refractivity contribution in [1.29, 1.82) is 0 Å². The van der Waals surface area contributed by atoms with E-state index in [2.05, 4.69) is 0 Å². The zero-order chi connectivity index (χ0) is 30.3. The molecule has 0 saturated carbocycles. The average Bonchev–Trinajstić information content (AvgIpc) is 3.49. The maximum Gasteiger partial charge on any atom is 0.338 e. The number of aliphatic hydroxyl groups excluding tert-OH is 3. The molecule has 0 radical (unpaired) electrons. The molecule has 43 heavy (non-hydrogen) atoms. The van der Waals surface area contributed by atoms with Gasteiger partial charge in [0, 0.05) is 0 Å². The third kappa shape index (κ3) is 7.25. The fraction of sp³-hybridized carbons (Fsp3) is 0.323. The highest BCUT2D eigenvalue weighted by molar-refractivity contribution is 5.91. The molecule has 0 amide bonds. The highest BCUT2D eigenvalue weighted by atomic mass is 16.7. The maximum atomic E-state index is 13.1. The lowest BCUT2D eigenvalue weighted by atomic mass is 10.1. The van der Waals surface area contributed by atoms with Gasteiger partial charge in [0.1, 0.15) is 31.0 Å². The van der Waals surface area contributed by atoms with Gasteiger partial charge in [-0.2, -0.15) is 0 Å². The molecular formula is C31H30O12. The van der Waals surface area contributed by atoms with Gasteiger partial charge in [-0.3, -0.25) is 0 Å². The lowest BCUT2D eigenvalue weighted by molar-refractivity contribution is -0.198. The van der Waals surface area contributed by atoms with Crippen LogP contribution in [0, 0.1) is 0 Å². The molecule has 12 heteroatoms. The summed E-state index contributed by atoms with van der Waals surface area (Å²) in [5.74, 6) is -2.19. The summed E-state index contributed by atoms with van der Waals surface area (Å²) >= 11 is 0. The van der Waals surface area contributed by atoms with Crippen LogP contribution in [-0.4, -0.2) is 95.6 Å². The Labute approximate surface area is 246 Å². The van der Waals surface area contributed by atoms with E-state index in [1.54, 1.807) is 66.7 Å². The molecule has 2 heterocycles. The number of esters is 3. The van der Waals surface area contributed by atoms with Gasteiger partial charge in [-0.15, -0.1) is 0 Å². The second kappa shape index (κ2) is 13.9. The van der Waals surface area contributed by atoms with Crippen molar-refractivity contribution in [3.05, 3.63) is 108 Å².